The smallest absolute Gasteiger partial charge is 0.163 e. The van der Waals surface area contributed by atoms with E-state index in [-0.39, 0.29) is 0 Å². The number of halogens is 1. The van der Waals surface area contributed by atoms with Crippen LogP contribution in [0.2, 0.25) is 5.02 Å². The number of rotatable bonds is 9. The standard InChI is InChI=1S/C19H28ClN3O/c1-5-23(6-2)13-7-8-14(3)22-17-11-12-21-18-15(17)9-10-16(20)19(18)24-4/h9-12,14H,5-8,13H2,1-4H3,(H,21,22). The van der Waals surface area contributed by atoms with Crippen LogP contribution < -0.4 is 10.1 Å². The number of fused-ring (bicyclic) bond motifs is 1. The van der Waals surface area contributed by atoms with Gasteiger partial charge in [-0.1, -0.05) is 25.4 Å². The average molecular weight is 350 g/mol. The Labute approximate surface area is 150 Å². The van der Waals surface area contributed by atoms with Gasteiger partial charge in [-0.2, -0.15) is 0 Å². The van der Waals surface area contributed by atoms with Crippen LogP contribution in [-0.2, 0) is 0 Å². The summed E-state index contributed by atoms with van der Waals surface area (Å²) in [5.41, 5.74) is 1.87. The molecule has 1 atom stereocenters. The Morgan fingerprint density at radius 2 is 2.00 bits per heavy atom. The first-order chi connectivity index (χ1) is 11.6. The van der Waals surface area contributed by atoms with Gasteiger partial charge in [0.2, 0.25) is 0 Å². The third kappa shape index (κ3) is 4.52. The highest BCUT2D eigenvalue weighted by Crippen LogP contribution is 2.35. The van der Waals surface area contributed by atoms with Crippen molar-refractivity contribution in [2.45, 2.75) is 39.7 Å². The minimum Gasteiger partial charge on any atom is -0.493 e. The zero-order chi connectivity index (χ0) is 17.5. The molecule has 1 unspecified atom stereocenters. The molecule has 0 aliphatic rings. The van der Waals surface area contributed by atoms with Crippen molar-refractivity contribution in [2.24, 2.45) is 0 Å². The first kappa shape index (κ1) is 18.8. The lowest BCUT2D eigenvalue weighted by molar-refractivity contribution is 0.295. The zero-order valence-electron chi connectivity index (χ0n) is 15.1. The Morgan fingerprint density at radius 1 is 1.25 bits per heavy atom. The summed E-state index contributed by atoms with van der Waals surface area (Å²) in [6, 6.07) is 6.27. The van der Waals surface area contributed by atoms with E-state index in [1.165, 1.54) is 6.42 Å². The van der Waals surface area contributed by atoms with Crippen LogP contribution in [0, 0.1) is 0 Å². The van der Waals surface area contributed by atoms with Crippen molar-refractivity contribution in [3.63, 3.8) is 0 Å². The van der Waals surface area contributed by atoms with E-state index in [9.17, 15) is 0 Å². The van der Waals surface area contributed by atoms with Crippen molar-refractivity contribution in [1.82, 2.24) is 9.88 Å². The van der Waals surface area contributed by atoms with Gasteiger partial charge in [0.25, 0.3) is 0 Å². The number of aromatic nitrogens is 1. The van der Waals surface area contributed by atoms with Crippen LogP contribution in [0.15, 0.2) is 24.4 Å². The van der Waals surface area contributed by atoms with Gasteiger partial charge in [-0.3, -0.25) is 4.98 Å². The Bertz CT molecular complexity index is 658. The molecule has 24 heavy (non-hydrogen) atoms. The van der Waals surface area contributed by atoms with Gasteiger partial charge in [-0.15, -0.1) is 0 Å². The zero-order valence-corrected chi connectivity index (χ0v) is 15.9. The predicted molar refractivity (Wildman–Crippen MR) is 103 cm³/mol. The van der Waals surface area contributed by atoms with Gasteiger partial charge in [-0.05, 0) is 57.6 Å². The maximum absolute atomic E-state index is 6.20. The minimum absolute atomic E-state index is 0.396. The van der Waals surface area contributed by atoms with Gasteiger partial charge in [0.15, 0.2) is 5.75 Å². The maximum Gasteiger partial charge on any atom is 0.163 e. The lowest BCUT2D eigenvalue weighted by Crippen LogP contribution is -2.25. The maximum atomic E-state index is 6.20. The fraction of sp³-hybridized carbons (Fsp3) is 0.526. The molecule has 1 aromatic carbocycles. The summed E-state index contributed by atoms with van der Waals surface area (Å²) in [7, 11) is 1.62. The molecule has 0 amide bonds. The quantitative estimate of drug-likeness (QED) is 0.704. The van der Waals surface area contributed by atoms with Gasteiger partial charge >= 0.3 is 0 Å². The Morgan fingerprint density at radius 3 is 2.67 bits per heavy atom. The van der Waals surface area contributed by atoms with Crippen molar-refractivity contribution in [1.29, 1.82) is 0 Å². The normalized spacial score (nSPS) is 12.6. The van der Waals surface area contributed by atoms with Crippen LogP contribution in [0.3, 0.4) is 0 Å². The number of methoxy groups -OCH3 is 1. The number of hydrogen-bond donors (Lipinski definition) is 1. The van der Waals surface area contributed by atoms with Gasteiger partial charge < -0.3 is 15.0 Å². The van der Waals surface area contributed by atoms with E-state index < -0.39 is 0 Å². The second-order valence-corrected chi connectivity index (χ2v) is 6.46. The molecular weight excluding hydrogens is 322 g/mol. The molecule has 0 radical (unpaired) electrons. The van der Waals surface area contributed by atoms with E-state index in [1.807, 2.05) is 18.2 Å². The monoisotopic (exact) mass is 349 g/mol. The third-order valence-corrected chi connectivity index (χ3v) is 4.73. The molecule has 0 spiro atoms. The minimum atomic E-state index is 0.396. The molecule has 1 N–H and O–H groups in total. The number of ether oxygens (including phenoxy) is 1. The molecule has 132 valence electrons. The van der Waals surface area contributed by atoms with Gasteiger partial charge in [0, 0.05) is 23.3 Å². The van der Waals surface area contributed by atoms with Gasteiger partial charge in [-0.25, -0.2) is 0 Å². The summed E-state index contributed by atoms with van der Waals surface area (Å²) in [6.07, 6.45) is 4.12. The largest absolute Gasteiger partial charge is 0.493 e. The van der Waals surface area contributed by atoms with E-state index in [0.717, 1.165) is 42.6 Å². The molecule has 0 aliphatic heterocycles. The molecule has 2 rings (SSSR count). The molecule has 1 heterocycles. The van der Waals surface area contributed by atoms with Crippen LogP contribution in [0.25, 0.3) is 10.9 Å². The number of anilines is 1. The van der Waals surface area contributed by atoms with Crippen LogP contribution >= 0.6 is 11.6 Å². The summed E-state index contributed by atoms with van der Waals surface area (Å²) in [5.74, 6) is 0.631. The van der Waals surface area contributed by atoms with Crippen molar-refractivity contribution >= 4 is 28.2 Å². The molecule has 0 aliphatic carbocycles. The topological polar surface area (TPSA) is 37.4 Å². The van der Waals surface area contributed by atoms with Crippen LogP contribution in [0.1, 0.15) is 33.6 Å². The molecule has 0 saturated carbocycles. The number of pyridine rings is 1. The van der Waals surface area contributed by atoms with E-state index in [0.29, 0.717) is 16.8 Å². The molecule has 0 bridgehead atoms. The average Bonchev–Trinajstić information content (AvgIpc) is 2.59. The van der Waals surface area contributed by atoms with E-state index >= 15 is 0 Å². The number of benzene rings is 1. The summed E-state index contributed by atoms with van der Waals surface area (Å²) >= 11 is 6.20. The Hall–Kier alpha value is -1.52. The highest BCUT2D eigenvalue weighted by atomic mass is 35.5. The van der Waals surface area contributed by atoms with Gasteiger partial charge in [0.05, 0.1) is 12.1 Å². The number of hydrogen-bond acceptors (Lipinski definition) is 4. The summed E-state index contributed by atoms with van der Waals surface area (Å²) in [6.45, 7) is 10.0. The molecule has 4 nitrogen and oxygen atoms in total. The molecule has 0 fully saturated rings. The summed E-state index contributed by atoms with van der Waals surface area (Å²) < 4.78 is 5.41. The van der Waals surface area contributed by atoms with Crippen molar-refractivity contribution in [2.75, 3.05) is 32.1 Å². The summed E-state index contributed by atoms with van der Waals surface area (Å²) in [4.78, 5) is 6.89. The first-order valence-corrected chi connectivity index (χ1v) is 9.08. The van der Waals surface area contributed by atoms with Gasteiger partial charge in [0.1, 0.15) is 5.52 Å². The molecule has 5 heteroatoms. The second-order valence-electron chi connectivity index (χ2n) is 6.05. The van der Waals surface area contributed by atoms with Crippen LogP contribution in [-0.4, -0.2) is 42.7 Å². The van der Waals surface area contributed by atoms with Crippen molar-refractivity contribution in [3.8, 4) is 5.75 Å². The third-order valence-electron chi connectivity index (χ3n) is 4.43. The predicted octanol–water partition coefficient (Wildman–Crippen LogP) is 4.82. The van der Waals surface area contributed by atoms with E-state index in [2.05, 4.69) is 36.0 Å². The summed E-state index contributed by atoms with van der Waals surface area (Å²) in [5, 5.41) is 5.23. The molecular formula is C19H28ClN3O. The number of nitrogens with zero attached hydrogens (tertiary/aromatic N) is 2. The fourth-order valence-corrected chi connectivity index (χ4v) is 3.22. The SMILES string of the molecule is CCN(CC)CCCC(C)Nc1ccnc2c(OC)c(Cl)ccc12. The molecule has 2 aromatic rings. The Kier molecular flexibility index (Phi) is 7.13. The number of nitrogens with one attached hydrogen (secondary N) is 1. The molecule has 0 saturated heterocycles. The van der Waals surface area contributed by atoms with Crippen LogP contribution in [0.5, 0.6) is 5.75 Å². The Balaban J connectivity index is 2.07. The van der Waals surface area contributed by atoms with Crippen molar-refractivity contribution in [3.05, 3.63) is 29.4 Å². The lowest BCUT2D eigenvalue weighted by Gasteiger charge is -2.21. The second kappa shape index (κ2) is 9.09. The highest BCUT2D eigenvalue weighted by molar-refractivity contribution is 6.33. The lowest BCUT2D eigenvalue weighted by atomic mass is 10.1. The highest BCUT2D eigenvalue weighted by Gasteiger charge is 2.12. The van der Waals surface area contributed by atoms with E-state index in [4.69, 9.17) is 16.3 Å². The van der Waals surface area contributed by atoms with E-state index in [1.54, 1.807) is 13.3 Å². The van der Waals surface area contributed by atoms with Crippen molar-refractivity contribution < 1.29 is 4.74 Å². The van der Waals surface area contributed by atoms with Crippen LogP contribution in [0.4, 0.5) is 5.69 Å². The molecule has 1 aromatic heterocycles. The fourth-order valence-electron chi connectivity index (χ4n) is 2.99. The first-order valence-electron chi connectivity index (χ1n) is 8.70.